The highest BCUT2D eigenvalue weighted by Gasteiger charge is 2.34. The minimum Gasteiger partial charge on any atom is -0.421 e. The minimum atomic E-state index is -0.333. The summed E-state index contributed by atoms with van der Waals surface area (Å²) in [5, 5.41) is 10.7. The van der Waals surface area contributed by atoms with Crippen LogP contribution in [0.1, 0.15) is 31.6 Å². The van der Waals surface area contributed by atoms with Gasteiger partial charge in [-0.25, -0.2) is 0 Å². The zero-order valence-electron chi connectivity index (χ0n) is 11.9. The van der Waals surface area contributed by atoms with Crippen LogP contribution in [0.2, 0.25) is 0 Å². The summed E-state index contributed by atoms with van der Waals surface area (Å²) in [6.07, 6.45) is 3.25. The van der Waals surface area contributed by atoms with Gasteiger partial charge in [-0.15, -0.1) is 10.2 Å². The van der Waals surface area contributed by atoms with Crippen LogP contribution >= 0.6 is 0 Å². The van der Waals surface area contributed by atoms with Crippen LogP contribution in [-0.4, -0.2) is 21.6 Å². The van der Waals surface area contributed by atoms with E-state index in [9.17, 15) is 4.79 Å². The number of hydrogen-bond donors (Lipinski definition) is 2. The summed E-state index contributed by atoms with van der Waals surface area (Å²) in [5.74, 6) is 0.803. The number of nitrogens with zero attached hydrogens (tertiary/aromatic N) is 2. The lowest BCUT2D eigenvalue weighted by Gasteiger charge is -2.37. The van der Waals surface area contributed by atoms with E-state index in [0.717, 1.165) is 19.3 Å². The van der Waals surface area contributed by atoms with Gasteiger partial charge in [-0.05, 0) is 31.4 Å². The van der Waals surface area contributed by atoms with Crippen molar-refractivity contribution in [3.63, 3.8) is 0 Å². The topological polar surface area (TPSA) is 94.0 Å². The summed E-state index contributed by atoms with van der Waals surface area (Å²) in [4.78, 5) is 12.2. The Morgan fingerprint density at radius 3 is 2.76 bits per heavy atom. The molecule has 0 bridgehead atoms. The Hall–Kier alpha value is -2.21. The molecule has 0 unspecified atom stereocenters. The summed E-state index contributed by atoms with van der Waals surface area (Å²) in [6.45, 7) is 1.73. The van der Waals surface area contributed by atoms with E-state index in [1.54, 1.807) is 6.92 Å². The van der Waals surface area contributed by atoms with Gasteiger partial charge in [0.25, 0.3) is 0 Å². The fourth-order valence-corrected chi connectivity index (χ4v) is 2.51. The SMILES string of the molecule is Cc1nnc(-c2ccccc2NC(=O)CC2(N)CCC2)o1. The summed E-state index contributed by atoms with van der Waals surface area (Å²) in [7, 11) is 0. The highest BCUT2D eigenvalue weighted by atomic mass is 16.4. The molecular weight excluding hydrogens is 268 g/mol. The number of aromatic nitrogens is 2. The fourth-order valence-electron chi connectivity index (χ4n) is 2.51. The number of aryl methyl sites for hydroxylation is 1. The third-order valence-corrected chi connectivity index (χ3v) is 3.82. The summed E-state index contributed by atoms with van der Waals surface area (Å²) < 4.78 is 5.43. The first-order valence-electron chi connectivity index (χ1n) is 7.04. The Kier molecular flexibility index (Phi) is 3.47. The molecule has 21 heavy (non-hydrogen) atoms. The lowest BCUT2D eigenvalue weighted by atomic mass is 9.75. The molecule has 0 radical (unpaired) electrons. The molecule has 3 rings (SSSR count). The Bertz CT molecular complexity index is 661. The van der Waals surface area contributed by atoms with E-state index in [0.29, 0.717) is 29.5 Å². The first-order chi connectivity index (χ1) is 10.1. The summed E-state index contributed by atoms with van der Waals surface area (Å²) in [5.41, 5.74) is 7.15. The molecule has 6 nitrogen and oxygen atoms in total. The minimum absolute atomic E-state index is 0.0825. The van der Waals surface area contributed by atoms with Crippen molar-refractivity contribution in [1.29, 1.82) is 0 Å². The van der Waals surface area contributed by atoms with Crippen LogP contribution in [0.25, 0.3) is 11.5 Å². The van der Waals surface area contributed by atoms with Gasteiger partial charge in [0.2, 0.25) is 17.7 Å². The molecule has 0 spiro atoms. The molecule has 6 heteroatoms. The van der Waals surface area contributed by atoms with Crippen molar-refractivity contribution in [2.75, 3.05) is 5.32 Å². The zero-order chi connectivity index (χ0) is 14.9. The maximum atomic E-state index is 12.2. The van der Waals surface area contributed by atoms with Crippen molar-refractivity contribution >= 4 is 11.6 Å². The molecule has 0 atom stereocenters. The van der Waals surface area contributed by atoms with Crippen molar-refractivity contribution in [2.24, 2.45) is 5.73 Å². The average molecular weight is 286 g/mol. The molecule has 1 aliphatic carbocycles. The maximum absolute atomic E-state index is 12.2. The number of benzene rings is 1. The van der Waals surface area contributed by atoms with Crippen molar-refractivity contribution in [3.8, 4) is 11.5 Å². The van der Waals surface area contributed by atoms with E-state index in [2.05, 4.69) is 15.5 Å². The number of carbonyl (C=O) groups excluding carboxylic acids is 1. The van der Waals surface area contributed by atoms with Gasteiger partial charge in [-0.3, -0.25) is 4.79 Å². The Morgan fingerprint density at radius 2 is 2.14 bits per heavy atom. The highest BCUT2D eigenvalue weighted by Crippen LogP contribution is 2.33. The lowest BCUT2D eigenvalue weighted by Crippen LogP contribution is -2.48. The molecule has 2 aromatic rings. The van der Waals surface area contributed by atoms with E-state index >= 15 is 0 Å². The molecule has 1 fully saturated rings. The van der Waals surface area contributed by atoms with Crippen LogP contribution in [0.5, 0.6) is 0 Å². The van der Waals surface area contributed by atoms with Crippen molar-refractivity contribution in [2.45, 2.75) is 38.1 Å². The Labute approximate surface area is 122 Å². The van der Waals surface area contributed by atoms with Gasteiger partial charge in [-0.2, -0.15) is 0 Å². The number of para-hydroxylation sites is 1. The van der Waals surface area contributed by atoms with Gasteiger partial charge in [0.1, 0.15) is 0 Å². The molecule has 1 saturated carbocycles. The summed E-state index contributed by atoms with van der Waals surface area (Å²) in [6, 6.07) is 7.37. The molecule has 110 valence electrons. The number of rotatable bonds is 4. The zero-order valence-corrected chi connectivity index (χ0v) is 11.9. The van der Waals surface area contributed by atoms with Gasteiger partial charge in [0, 0.05) is 18.9 Å². The molecule has 1 amide bonds. The number of carbonyl (C=O) groups is 1. The Morgan fingerprint density at radius 1 is 1.38 bits per heavy atom. The molecule has 1 aromatic carbocycles. The molecular formula is C15H18N4O2. The first kappa shape index (κ1) is 13.8. The predicted octanol–water partition coefficient (Wildman–Crippen LogP) is 2.26. The predicted molar refractivity (Wildman–Crippen MR) is 78.5 cm³/mol. The monoisotopic (exact) mass is 286 g/mol. The quantitative estimate of drug-likeness (QED) is 0.899. The fraction of sp³-hybridized carbons (Fsp3) is 0.400. The van der Waals surface area contributed by atoms with Crippen LogP contribution in [0, 0.1) is 6.92 Å². The smallest absolute Gasteiger partial charge is 0.249 e. The largest absolute Gasteiger partial charge is 0.421 e. The van der Waals surface area contributed by atoms with Crippen LogP contribution in [0.15, 0.2) is 28.7 Å². The van der Waals surface area contributed by atoms with Gasteiger partial charge >= 0.3 is 0 Å². The van der Waals surface area contributed by atoms with Gasteiger partial charge in [0.05, 0.1) is 11.3 Å². The number of nitrogens with one attached hydrogen (secondary N) is 1. The average Bonchev–Trinajstić information content (AvgIpc) is 2.84. The second-order valence-electron chi connectivity index (χ2n) is 5.61. The Balaban J connectivity index is 1.77. The van der Waals surface area contributed by atoms with Crippen molar-refractivity contribution < 1.29 is 9.21 Å². The maximum Gasteiger partial charge on any atom is 0.249 e. The number of nitrogens with two attached hydrogens (primary N) is 1. The van der Waals surface area contributed by atoms with Crippen molar-refractivity contribution in [1.82, 2.24) is 10.2 Å². The van der Waals surface area contributed by atoms with Crippen LogP contribution < -0.4 is 11.1 Å². The third kappa shape index (κ3) is 2.95. The second-order valence-corrected chi connectivity index (χ2v) is 5.61. The molecule has 0 aliphatic heterocycles. The molecule has 1 heterocycles. The number of hydrogen-bond acceptors (Lipinski definition) is 5. The second kappa shape index (κ2) is 5.29. The van der Waals surface area contributed by atoms with Gasteiger partial charge in [0.15, 0.2) is 0 Å². The van der Waals surface area contributed by atoms with Crippen LogP contribution in [-0.2, 0) is 4.79 Å². The van der Waals surface area contributed by atoms with E-state index in [4.69, 9.17) is 10.2 Å². The van der Waals surface area contributed by atoms with E-state index in [1.165, 1.54) is 0 Å². The van der Waals surface area contributed by atoms with Gasteiger partial charge in [-0.1, -0.05) is 12.1 Å². The normalized spacial score (nSPS) is 16.3. The van der Waals surface area contributed by atoms with E-state index in [-0.39, 0.29) is 11.4 Å². The number of amides is 1. The van der Waals surface area contributed by atoms with Crippen LogP contribution in [0.3, 0.4) is 0 Å². The molecule has 3 N–H and O–H groups in total. The standard InChI is InChI=1S/C15H18N4O2/c1-10-18-19-14(21-10)11-5-2-3-6-12(11)17-13(20)9-15(16)7-4-8-15/h2-3,5-6H,4,7-9,16H2,1H3,(H,17,20). The molecule has 1 aromatic heterocycles. The molecule has 0 saturated heterocycles. The lowest BCUT2D eigenvalue weighted by molar-refractivity contribution is -0.118. The van der Waals surface area contributed by atoms with E-state index in [1.807, 2.05) is 24.3 Å². The highest BCUT2D eigenvalue weighted by molar-refractivity contribution is 5.95. The van der Waals surface area contributed by atoms with Crippen molar-refractivity contribution in [3.05, 3.63) is 30.2 Å². The van der Waals surface area contributed by atoms with Gasteiger partial charge < -0.3 is 15.5 Å². The van der Waals surface area contributed by atoms with Crippen LogP contribution in [0.4, 0.5) is 5.69 Å². The molecule has 1 aliphatic rings. The first-order valence-corrected chi connectivity index (χ1v) is 7.04. The summed E-state index contributed by atoms with van der Waals surface area (Å²) >= 11 is 0. The number of anilines is 1. The third-order valence-electron chi connectivity index (χ3n) is 3.82. The van der Waals surface area contributed by atoms with E-state index < -0.39 is 0 Å².